The number of nitrogens with one attached hydrogen (secondary N) is 1. The molecular formula is C13H12BrFN2S. The molecule has 0 saturated carbocycles. The summed E-state index contributed by atoms with van der Waals surface area (Å²) < 4.78 is 14.6. The lowest BCUT2D eigenvalue weighted by molar-refractivity contribution is 0.630. The molecule has 0 bridgehead atoms. The molecule has 3 rings (SSSR count). The Hall–Kier alpha value is -0.780. The van der Waals surface area contributed by atoms with E-state index in [1.54, 1.807) is 23.5 Å². The van der Waals surface area contributed by atoms with E-state index in [4.69, 9.17) is 0 Å². The van der Waals surface area contributed by atoms with Gasteiger partial charge in [-0.2, -0.15) is 0 Å². The maximum absolute atomic E-state index is 13.8. The molecule has 1 aromatic carbocycles. The monoisotopic (exact) mass is 326 g/mol. The Morgan fingerprint density at radius 2 is 2.33 bits per heavy atom. The maximum Gasteiger partial charge on any atom is 0.132 e. The lowest BCUT2D eigenvalue weighted by Gasteiger charge is -2.03. The lowest BCUT2D eigenvalue weighted by atomic mass is 10.1. The molecule has 1 atom stereocenters. The van der Waals surface area contributed by atoms with E-state index >= 15 is 0 Å². The van der Waals surface area contributed by atoms with Crippen molar-refractivity contribution in [2.24, 2.45) is 0 Å². The lowest BCUT2D eigenvalue weighted by Crippen LogP contribution is -2.07. The standard InChI is InChI=1S/C13H12BrFN2S/c14-9-1-2-11(15)10(5-9)12-7-18-13(17-12)8-3-4-16-6-8/h1-2,5,7-8,16H,3-4,6H2. The second-order valence-electron chi connectivity index (χ2n) is 4.38. The minimum Gasteiger partial charge on any atom is -0.316 e. The summed E-state index contributed by atoms with van der Waals surface area (Å²) in [6.07, 6.45) is 1.12. The molecule has 1 aromatic heterocycles. The molecule has 1 N–H and O–H groups in total. The van der Waals surface area contributed by atoms with Crippen molar-refractivity contribution in [2.45, 2.75) is 12.3 Å². The largest absolute Gasteiger partial charge is 0.316 e. The van der Waals surface area contributed by atoms with Crippen molar-refractivity contribution in [3.8, 4) is 11.3 Å². The minimum absolute atomic E-state index is 0.223. The van der Waals surface area contributed by atoms with Gasteiger partial charge in [0.15, 0.2) is 0 Å². The van der Waals surface area contributed by atoms with Gasteiger partial charge in [-0.1, -0.05) is 15.9 Å². The molecule has 5 heteroatoms. The molecule has 94 valence electrons. The molecule has 2 heterocycles. The highest BCUT2D eigenvalue weighted by molar-refractivity contribution is 9.10. The summed E-state index contributed by atoms with van der Waals surface area (Å²) in [5.41, 5.74) is 1.30. The fraction of sp³-hybridized carbons (Fsp3) is 0.308. The van der Waals surface area contributed by atoms with Gasteiger partial charge in [0.05, 0.1) is 10.7 Å². The van der Waals surface area contributed by atoms with Crippen LogP contribution in [0.1, 0.15) is 17.3 Å². The Labute approximate surface area is 117 Å². The number of thiazole rings is 1. The van der Waals surface area contributed by atoms with Crippen molar-refractivity contribution in [2.75, 3.05) is 13.1 Å². The molecule has 1 aliphatic heterocycles. The van der Waals surface area contributed by atoms with E-state index in [1.807, 2.05) is 5.38 Å². The highest BCUT2D eigenvalue weighted by atomic mass is 79.9. The van der Waals surface area contributed by atoms with E-state index in [9.17, 15) is 4.39 Å². The van der Waals surface area contributed by atoms with E-state index in [0.717, 1.165) is 34.7 Å². The van der Waals surface area contributed by atoms with Gasteiger partial charge in [-0.3, -0.25) is 0 Å². The molecule has 1 saturated heterocycles. The zero-order chi connectivity index (χ0) is 12.5. The van der Waals surface area contributed by atoms with Crippen molar-refractivity contribution < 1.29 is 4.39 Å². The zero-order valence-corrected chi connectivity index (χ0v) is 12.0. The molecular weight excluding hydrogens is 315 g/mol. The Morgan fingerprint density at radius 3 is 3.11 bits per heavy atom. The van der Waals surface area contributed by atoms with Crippen LogP contribution >= 0.6 is 27.3 Å². The van der Waals surface area contributed by atoms with Crippen LogP contribution in [0, 0.1) is 5.82 Å². The van der Waals surface area contributed by atoms with Gasteiger partial charge in [0.25, 0.3) is 0 Å². The highest BCUT2D eigenvalue weighted by Crippen LogP contribution is 2.31. The first-order valence-corrected chi connectivity index (χ1v) is 7.53. The van der Waals surface area contributed by atoms with Crippen LogP contribution in [0.2, 0.25) is 0 Å². The summed E-state index contributed by atoms with van der Waals surface area (Å²) >= 11 is 4.99. The Kier molecular flexibility index (Phi) is 3.46. The van der Waals surface area contributed by atoms with Gasteiger partial charge in [-0.05, 0) is 31.2 Å². The third-order valence-corrected chi connectivity index (χ3v) is 4.64. The summed E-state index contributed by atoms with van der Waals surface area (Å²) in [5, 5.41) is 6.37. The van der Waals surface area contributed by atoms with Crippen molar-refractivity contribution in [1.29, 1.82) is 0 Å². The smallest absolute Gasteiger partial charge is 0.132 e. The van der Waals surface area contributed by atoms with E-state index in [-0.39, 0.29) is 5.82 Å². The van der Waals surface area contributed by atoms with Crippen molar-refractivity contribution in [3.63, 3.8) is 0 Å². The predicted molar refractivity (Wildman–Crippen MR) is 75.4 cm³/mol. The van der Waals surface area contributed by atoms with Gasteiger partial charge in [0.1, 0.15) is 5.82 Å². The first kappa shape index (κ1) is 12.3. The normalized spacial score (nSPS) is 19.3. The van der Waals surface area contributed by atoms with Crippen LogP contribution in [0.15, 0.2) is 28.1 Å². The second kappa shape index (κ2) is 5.07. The van der Waals surface area contributed by atoms with Crippen molar-refractivity contribution in [3.05, 3.63) is 38.9 Å². The van der Waals surface area contributed by atoms with Gasteiger partial charge in [0, 0.05) is 27.9 Å². The summed E-state index contributed by atoms with van der Waals surface area (Å²) in [6.45, 7) is 2.03. The predicted octanol–water partition coefficient (Wildman–Crippen LogP) is 3.79. The van der Waals surface area contributed by atoms with Crippen LogP contribution in [0.5, 0.6) is 0 Å². The molecule has 1 fully saturated rings. The van der Waals surface area contributed by atoms with Crippen LogP contribution in [0.25, 0.3) is 11.3 Å². The Bertz CT molecular complexity index is 564. The topological polar surface area (TPSA) is 24.9 Å². The molecule has 1 aliphatic rings. The average Bonchev–Trinajstić information content (AvgIpc) is 3.00. The molecule has 0 spiro atoms. The number of hydrogen-bond acceptors (Lipinski definition) is 3. The van der Waals surface area contributed by atoms with Crippen LogP contribution in [-0.2, 0) is 0 Å². The minimum atomic E-state index is -0.223. The Balaban J connectivity index is 1.94. The quantitative estimate of drug-likeness (QED) is 0.908. The van der Waals surface area contributed by atoms with Gasteiger partial charge in [-0.15, -0.1) is 11.3 Å². The number of nitrogens with zero attached hydrogens (tertiary/aromatic N) is 1. The van der Waals surface area contributed by atoms with Crippen LogP contribution in [-0.4, -0.2) is 18.1 Å². The first-order valence-electron chi connectivity index (χ1n) is 5.85. The van der Waals surface area contributed by atoms with E-state index in [1.165, 1.54) is 6.07 Å². The highest BCUT2D eigenvalue weighted by Gasteiger charge is 2.20. The van der Waals surface area contributed by atoms with Gasteiger partial charge >= 0.3 is 0 Å². The summed E-state index contributed by atoms with van der Waals surface area (Å²) in [6, 6.07) is 4.95. The van der Waals surface area contributed by atoms with E-state index in [2.05, 4.69) is 26.2 Å². The summed E-state index contributed by atoms with van der Waals surface area (Å²) in [7, 11) is 0. The van der Waals surface area contributed by atoms with Gasteiger partial charge in [0.2, 0.25) is 0 Å². The van der Waals surface area contributed by atoms with Crippen LogP contribution < -0.4 is 5.32 Å². The third-order valence-electron chi connectivity index (χ3n) is 3.14. The Morgan fingerprint density at radius 1 is 1.44 bits per heavy atom. The molecule has 0 aliphatic carbocycles. The van der Waals surface area contributed by atoms with E-state index < -0.39 is 0 Å². The van der Waals surface area contributed by atoms with E-state index in [0.29, 0.717) is 11.5 Å². The summed E-state index contributed by atoms with van der Waals surface area (Å²) in [5.74, 6) is 0.263. The number of hydrogen-bond donors (Lipinski definition) is 1. The van der Waals surface area contributed by atoms with Gasteiger partial charge in [-0.25, -0.2) is 9.37 Å². The van der Waals surface area contributed by atoms with Crippen LogP contribution in [0.4, 0.5) is 4.39 Å². The number of rotatable bonds is 2. The summed E-state index contributed by atoms with van der Waals surface area (Å²) in [4.78, 5) is 4.58. The molecule has 2 aromatic rings. The molecule has 18 heavy (non-hydrogen) atoms. The number of halogens is 2. The van der Waals surface area contributed by atoms with Crippen LogP contribution in [0.3, 0.4) is 0 Å². The maximum atomic E-state index is 13.8. The third kappa shape index (κ3) is 2.35. The molecule has 0 amide bonds. The SMILES string of the molecule is Fc1ccc(Br)cc1-c1csc(C2CCNC2)n1. The number of aromatic nitrogens is 1. The fourth-order valence-electron chi connectivity index (χ4n) is 2.16. The second-order valence-corrected chi connectivity index (χ2v) is 6.19. The number of benzene rings is 1. The fourth-order valence-corrected chi connectivity index (χ4v) is 3.48. The zero-order valence-electron chi connectivity index (χ0n) is 9.62. The van der Waals surface area contributed by atoms with Crippen molar-refractivity contribution in [1.82, 2.24) is 10.3 Å². The van der Waals surface area contributed by atoms with Gasteiger partial charge < -0.3 is 5.32 Å². The van der Waals surface area contributed by atoms with Crippen molar-refractivity contribution >= 4 is 27.3 Å². The molecule has 2 nitrogen and oxygen atoms in total. The first-order chi connectivity index (χ1) is 8.74. The molecule has 0 radical (unpaired) electrons. The molecule has 1 unspecified atom stereocenters. The average molecular weight is 327 g/mol.